The van der Waals surface area contributed by atoms with E-state index in [9.17, 15) is 20.1 Å². The molecule has 0 saturated heterocycles. The van der Waals surface area contributed by atoms with E-state index in [4.69, 9.17) is 16.0 Å². The number of benzene rings is 2. The molecule has 0 spiro atoms. The van der Waals surface area contributed by atoms with Crippen molar-refractivity contribution in [3.63, 3.8) is 0 Å². The summed E-state index contributed by atoms with van der Waals surface area (Å²) in [5, 5.41) is 33.6. The van der Waals surface area contributed by atoms with Crippen LogP contribution in [0.4, 0.5) is 0 Å². The summed E-state index contributed by atoms with van der Waals surface area (Å²) < 4.78 is 5.99. The van der Waals surface area contributed by atoms with Crippen LogP contribution in [0.1, 0.15) is 24.8 Å². The van der Waals surface area contributed by atoms with Gasteiger partial charge in [0.2, 0.25) is 0 Å². The third kappa shape index (κ3) is 3.58. The lowest BCUT2D eigenvalue weighted by Gasteiger charge is -2.22. The van der Waals surface area contributed by atoms with E-state index in [2.05, 4.69) is 0 Å². The number of aromatic hydroxyl groups is 2. The summed E-state index contributed by atoms with van der Waals surface area (Å²) in [6.45, 7) is 2.28. The van der Waals surface area contributed by atoms with E-state index in [0.29, 0.717) is 29.1 Å². The van der Waals surface area contributed by atoms with Gasteiger partial charge in [-0.1, -0.05) is 30.7 Å². The maximum atomic E-state index is 12.8. The first-order valence-corrected chi connectivity index (χ1v) is 9.50. The minimum atomic E-state index is -0.775. The van der Waals surface area contributed by atoms with Crippen LogP contribution in [-0.4, -0.2) is 35.0 Å². The fourth-order valence-electron chi connectivity index (χ4n) is 3.55. The van der Waals surface area contributed by atoms with Gasteiger partial charge in [-0.2, -0.15) is 0 Å². The predicted molar refractivity (Wildman–Crippen MR) is 108 cm³/mol. The van der Waals surface area contributed by atoms with Crippen molar-refractivity contribution >= 4 is 22.6 Å². The van der Waals surface area contributed by atoms with Gasteiger partial charge in [-0.3, -0.25) is 4.79 Å². The Labute approximate surface area is 167 Å². The Morgan fingerprint density at radius 3 is 2.54 bits per heavy atom. The lowest BCUT2D eigenvalue weighted by Crippen LogP contribution is -2.82. The molecule has 7 heteroatoms. The number of quaternary nitrogens is 1. The minimum absolute atomic E-state index is 0.0327. The number of fused-ring (bicyclic) bond motifs is 1. The summed E-state index contributed by atoms with van der Waals surface area (Å²) in [5.74, 6) is -0.863. The smallest absolute Gasteiger partial charge is 0.197 e. The summed E-state index contributed by atoms with van der Waals surface area (Å²) in [6.07, 6.45) is -0.273. The van der Waals surface area contributed by atoms with Crippen LogP contribution in [0.3, 0.4) is 0 Å². The average Bonchev–Trinajstić information content (AvgIpc) is 2.64. The molecule has 148 valence electrons. The van der Waals surface area contributed by atoms with Crippen LogP contribution in [0.2, 0.25) is 5.02 Å². The van der Waals surface area contributed by atoms with E-state index in [1.807, 2.05) is 19.3 Å². The number of hydrogen-bond donors (Lipinski definition) is 4. The van der Waals surface area contributed by atoms with Crippen LogP contribution < -0.4 is 10.7 Å². The van der Waals surface area contributed by atoms with Crippen LogP contribution in [0, 0.1) is 0 Å². The van der Waals surface area contributed by atoms with Crippen LogP contribution in [0.5, 0.6) is 11.5 Å². The second-order valence-corrected chi connectivity index (χ2v) is 7.12. The molecule has 0 fully saturated rings. The summed E-state index contributed by atoms with van der Waals surface area (Å²) in [4.78, 5) is 12.8. The van der Waals surface area contributed by atoms with Gasteiger partial charge in [-0.05, 0) is 18.6 Å². The van der Waals surface area contributed by atoms with Crippen LogP contribution in [-0.2, 0) is 0 Å². The number of rotatable bonds is 6. The molecule has 0 amide bonds. The number of likely N-dealkylation sites (N-methyl/N-ethyl adjacent to an activating group) is 1. The van der Waals surface area contributed by atoms with E-state index in [-0.39, 0.29) is 28.2 Å². The van der Waals surface area contributed by atoms with Gasteiger partial charge in [-0.15, -0.1) is 0 Å². The summed E-state index contributed by atoms with van der Waals surface area (Å²) in [6, 6.07) is 9.31. The molecule has 2 unspecified atom stereocenters. The largest absolute Gasteiger partial charge is 0.507 e. The zero-order valence-corrected chi connectivity index (χ0v) is 16.4. The zero-order valence-electron chi connectivity index (χ0n) is 15.6. The van der Waals surface area contributed by atoms with Crippen molar-refractivity contribution in [2.75, 3.05) is 13.6 Å². The highest BCUT2D eigenvalue weighted by Gasteiger charge is 2.29. The lowest BCUT2D eigenvalue weighted by atomic mass is 9.88. The van der Waals surface area contributed by atoms with E-state index in [1.54, 1.807) is 24.3 Å². The van der Waals surface area contributed by atoms with Gasteiger partial charge < -0.3 is 25.1 Å². The molecule has 6 nitrogen and oxygen atoms in total. The molecule has 28 heavy (non-hydrogen) atoms. The molecule has 0 radical (unpaired) electrons. The van der Waals surface area contributed by atoms with Crippen molar-refractivity contribution in [2.45, 2.75) is 25.4 Å². The number of halogens is 1. The Balaban J connectivity index is 2.35. The first-order chi connectivity index (χ1) is 13.4. The first-order valence-electron chi connectivity index (χ1n) is 9.12. The third-order valence-corrected chi connectivity index (χ3v) is 5.22. The van der Waals surface area contributed by atoms with Crippen molar-refractivity contribution in [1.82, 2.24) is 0 Å². The van der Waals surface area contributed by atoms with Gasteiger partial charge in [0.1, 0.15) is 40.9 Å². The molecule has 0 bridgehead atoms. The molecule has 2 atom stereocenters. The summed E-state index contributed by atoms with van der Waals surface area (Å²) in [5.41, 5.74) is 0.423. The minimum Gasteiger partial charge on any atom is -0.507 e. The molecule has 0 aliphatic carbocycles. The number of aliphatic hydroxyl groups is 1. The maximum absolute atomic E-state index is 12.8. The standard InChI is InChI=1S/C21H22ClNO5/c1-3-11(17(27)10-23-2)19-14(24)8-15(25)20-16(26)9-18(28-21(19)20)12-6-4-5-7-13(12)22/h4-9,11,17,23-25,27H,3,10H2,1-2H3/p+1. The Bertz CT molecular complexity index is 1060. The van der Waals surface area contributed by atoms with Gasteiger partial charge in [0.05, 0.1) is 12.1 Å². The average molecular weight is 405 g/mol. The molecule has 2 aromatic carbocycles. The molecule has 5 N–H and O–H groups in total. The van der Waals surface area contributed by atoms with Crippen LogP contribution in [0.25, 0.3) is 22.3 Å². The molecular weight excluding hydrogens is 382 g/mol. The Hall–Kier alpha value is -2.54. The number of phenolic OH excluding ortho intramolecular Hbond substituents is 2. The zero-order chi connectivity index (χ0) is 20.4. The molecule has 0 saturated carbocycles. The monoisotopic (exact) mass is 404 g/mol. The molecule has 1 heterocycles. The van der Waals surface area contributed by atoms with Crippen LogP contribution >= 0.6 is 11.6 Å². The SMILES string of the molecule is CCC(c1c(O)cc(O)c2c(=O)cc(-c3ccccc3Cl)oc12)C(O)C[NH2+]C. The molecular formula is C21H23ClNO5+. The molecule has 1 aromatic heterocycles. The van der Waals surface area contributed by atoms with Crippen molar-refractivity contribution < 1.29 is 25.1 Å². The highest BCUT2D eigenvalue weighted by molar-refractivity contribution is 6.33. The van der Waals surface area contributed by atoms with Crippen molar-refractivity contribution in [2.24, 2.45) is 0 Å². The number of hydrogen-bond acceptors (Lipinski definition) is 5. The maximum Gasteiger partial charge on any atom is 0.197 e. The number of aliphatic hydroxyl groups excluding tert-OH is 1. The Morgan fingerprint density at radius 2 is 1.89 bits per heavy atom. The van der Waals surface area contributed by atoms with E-state index in [1.165, 1.54) is 6.07 Å². The Kier molecular flexibility index (Phi) is 5.93. The van der Waals surface area contributed by atoms with Gasteiger partial charge >= 0.3 is 0 Å². The highest BCUT2D eigenvalue weighted by Crippen LogP contribution is 2.41. The van der Waals surface area contributed by atoms with E-state index < -0.39 is 17.5 Å². The van der Waals surface area contributed by atoms with Gasteiger partial charge in [0.15, 0.2) is 5.43 Å². The molecule has 3 rings (SSSR count). The highest BCUT2D eigenvalue weighted by atomic mass is 35.5. The molecule has 0 aliphatic rings. The third-order valence-electron chi connectivity index (χ3n) is 4.89. The number of phenols is 2. The normalized spacial score (nSPS) is 13.6. The lowest BCUT2D eigenvalue weighted by molar-refractivity contribution is -0.634. The summed E-state index contributed by atoms with van der Waals surface area (Å²) >= 11 is 6.24. The fourth-order valence-corrected chi connectivity index (χ4v) is 3.78. The Morgan fingerprint density at radius 1 is 1.18 bits per heavy atom. The van der Waals surface area contributed by atoms with Gasteiger partial charge in [-0.25, -0.2) is 0 Å². The molecule has 3 aromatic rings. The van der Waals surface area contributed by atoms with E-state index in [0.717, 1.165) is 6.07 Å². The topological polar surface area (TPSA) is 108 Å². The van der Waals surface area contributed by atoms with Gasteiger partial charge in [0, 0.05) is 29.2 Å². The predicted octanol–water partition coefficient (Wildman–Crippen LogP) is 2.57. The molecule has 0 aliphatic heterocycles. The summed E-state index contributed by atoms with van der Waals surface area (Å²) in [7, 11) is 1.83. The van der Waals surface area contributed by atoms with Crippen molar-refractivity contribution in [3.8, 4) is 22.8 Å². The fraction of sp³-hybridized carbons (Fsp3) is 0.286. The van der Waals surface area contributed by atoms with Crippen molar-refractivity contribution in [1.29, 1.82) is 0 Å². The van der Waals surface area contributed by atoms with Gasteiger partial charge in [0.25, 0.3) is 0 Å². The van der Waals surface area contributed by atoms with Crippen LogP contribution in [0.15, 0.2) is 45.6 Å². The number of nitrogens with two attached hydrogens (primary N) is 1. The second-order valence-electron chi connectivity index (χ2n) is 6.71. The second kappa shape index (κ2) is 8.22. The quantitative estimate of drug-likeness (QED) is 0.505. The first kappa shape index (κ1) is 20.2. The van der Waals surface area contributed by atoms with Crippen molar-refractivity contribution in [3.05, 3.63) is 57.2 Å². The van der Waals surface area contributed by atoms with E-state index >= 15 is 0 Å².